The summed E-state index contributed by atoms with van der Waals surface area (Å²) < 4.78 is 43.0. The van der Waals surface area contributed by atoms with E-state index >= 15 is 0 Å². The van der Waals surface area contributed by atoms with Gasteiger partial charge in [-0.2, -0.15) is 5.10 Å². The van der Waals surface area contributed by atoms with Crippen LogP contribution in [-0.4, -0.2) is 38.5 Å². The first-order valence-corrected chi connectivity index (χ1v) is 10.3. The molecule has 6 nitrogen and oxygen atoms in total. The summed E-state index contributed by atoms with van der Waals surface area (Å²) in [5.74, 6) is -0.350. The van der Waals surface area contributed by atoms with Crippen molar-refractivity contribution in [1.82, 2.24) is 19.7 Å². The number of hydrogen-bond donors (Lipinski definition) is 0. The summed E-state index contributed by atoms with van der Waals surface area (Å²) in [5, 5.41) is 5.49. The van der Waals surface area contributed by atoms with Crippen LogP contribution >= 0.6 is 0 Å². The standard InChI is InChI=1S/C24H19F3N4O2/c1-30-22(15-4-7-18(8-5-15)33-24(25,26)27)19-10-12-31(14-21(19)29-30)23(32)17-6-9-20-16(13-17)3-2-11-28-20/h2-9,11,13H,10,12,14H2,1H3. The second-order valence-corrected chi connectivity index (χ2v) is 7.86. The zero-order chi connectivity index (χ0) is 23.2. The number of nitrogens with zero attached hydrogens (tertiary/aromatic N) is 4. The third kappa shape index (κ3) is 4.13. The lowest BCUT2D eigenvalue weighted by Gasteiger charge is -2.27. The number of halogens is 3. The molecule has 4 aromatic rings. The molecule has 1 aliphatic heterocycles. The number of alkyl halides is 3. The Hall–Kier alpha value is -3.88. The summed E-state index contributed by atoms with van der Waals surface area (Å²) in [7, 11) is 1.79. The molecule has 2 aromatic heterocycles. The van der Waals surface area contributed by atoms with E-state index in [1.807, 2.05) is 24.3 Å². The number of fused-ring (bicyclic) bond motifs is 2. The highest BCUT2D eigenvalue weighted by Gasteiger charge is 2.31. The van der Waals surface area contributed by atoms with Gasteiger partial charge < -0.3 is 9.64 Å². The number of carbonyl (C=O) groups is 1. The van der Waals surface area contributed by atoms with Crippen LogP contribution in [0.25, 0.3) is 22.2 Å². The van der Waals surface area contributed by atoms with Crippen LogP contribution in [0.3, 0.4) is 0 Å². The number of aromatic nitrogens is 3. The molecule has 0 fully saturated rings. The van der Waals surface area contributed by atoms with Crippen LogP contribution in [0.4, 0.5) is 13.2 Å². The Kier molecular flexibility index (Phi) is 5.03. The number of hydrogen-bond acceptors (Lipinski definition) is 4. The molecule has 0 saturated heterocycles. The van der Waals surface area contributed by atoms with E-state index in [1.165, 1.54) is 12.1 Å². The van der Waals surface area contributed by atoms with Gasteiger partial charge in [0, 0.05) is 41.9 Å². The molecule has 3 heterocycles. The zero-order valence-electron chi connectivity index (χ0n) is 17.6. The highest BCUT2D eigenvalue weighted by Crippen LogP contribution is 2.32. The van der Waals surface area contributed by atoms with Gasteiger partial charge in [0.15, 0.2) is 0 Å². The van der Waals surface area contributed by atoms with Crippen molar-refractivity contribution in [1.29, 1.82) is 0 Å². The number of ether oxygens (including phenoxy) is 1. The minimum absolute atomic E-state index is 0.0766. The summed E-state index contributed by atoms with van der Waals surface area (Å²) in [6, 6.07) is 15.0. The number of carbonyl (C=O) groups excluding carboxylic acids is 1. The van der Waals surface area contributed by atoms with Crippen molar-refractivity contribution in [3.63, 3.8) is 0 Å². The predicted octanol–water partition coefficient (Wildman–Crippen LogP) is 4.73. The molecule has 0 aliphatic carbocycles. The summed E-state index contributed by atoms with van der Waals surface area (Å²) in [5.41, 5.74) is 4.76. The van der Waals surface area contributed by atoms with Gasteiger partial charge in [0.2, 0.25) is 0 Å². The molecule has 1 amide bonds. The molecule has 9 heteroatoms. The largest absolute Gasteiger partial charge is 0.573 e. The average molecular weight is 452 g/mol. The molecule has 0 saturated carbocycles. The summed E-state index contributed by atoms with van der Waals surface area (Å²) in [6.07, 6.45) is -2.42. The molecule has 0 spiro atoms. The van der Waals surface area contributed by atoms with E-state index < -0.39 is 6.36 Å². The second-order valence-electron chi connectivity index (χ2n) is 7.86. The van der Waals surface area contributed by atoms with Crippen LogP contribution in [0, 0.1) is 0 Å². The minimum atomic E-state index is -4.73. The van der Waals surface area contributed by atoms with Gasteiger partial charge in [-0.3, -0.25) is 14.5 Å². The third-order valence-electron chi connectivity index (χ3n) is 5.70. The van der Waals surface area contributed by atoms with E-state index in [9.17, 15) is 18.0 Å². The van der Waals surface area contributed by atoms with Crippen molar-refractivity contribution >= 4 is 16.8 Å². The molecule has 0 N–H and O–H groups in total. The maximum atomic E-state index is 13.1. The van der Waals surface area contributed by atoms with Gasteiger partial charge in [0.05, 0.1) is 23.4 Å². The van der Waals surface area contributed by atoms with Crippen LogP contribution in [0.5, 0.6) is 5.75 Å². The number of amides is 1. The van der Waals surface area contributed by atoms with Gasteiger partial charge >= 0.3 is 6.36 Å². The van der Waals surface area contributed by atoms with Crippen LogP contribution in [0.1, 0.15) is 21.6 Å². The topological polar surface area (TPSA) is 60.2 Å². The van der Waals surface area contributed by atoms with Crippen LogP contribution in [0.15, 0.2) is 60.8 Å². The molecule has 5 rings (SSSR count). The first-order chi connectivity index (χ1) is 15.8. The SMILES string of the molecule is Cn1nc2c(c1-c1ccc(OC(F)(F)F)cc1)CCN(C(=O)c1ccc3ncccc3c1)C2. The van der Waals surface area contributed by atoms with E-state index in [0.29, 0.717) is 25.1 Å². The number of aryl methyl sites for hydroxylation is 1. The molecule has 0 bridgehead atoms. The fourth-order valence-corrected chi connectivity index (χ4v) is 4.26. The minimum Gasteiger partial charge on any atom is -0.406 e. The first-order valence-electron chi connectivity index (χ1n) is 10.3. The Morgan fingerprint density at radius 2 is 1.88 bits per heavy atom. The lowest BCUT2D eigenvalue weighted by molar-refractivity contribution is -0.274. The van der Waals surface area contributed by atoms with Gasteiger partial charge in [-0.15, -0.1) is 13.2 Å². The molecule has 2 aromatic carbocycles. The fraction of sp³-hybridized carbons (Fsp3) is 0.208. The zero-order valence-corrected chi connectivity index (χ0v) is 17.6. The van der Waals surface area contributed by atoms with Gasteiger partial charge in [0.1, 0.15) is 5.75 Å². The van der Waals surface area contributed by atoms with Crippen molar-refractivity contribution < 1.29 is 22.7 Å². The molecule has 0 unspecified atom stereocenters. The summed E-state index contributed by atoms with van der Waals surface area (Å²) >= 11 is 0. The van der Waals surface area contributed by atoms with Crippen LogP contribution in [-0.2, 0) is 20.0 Å². The molecular formula is C24H19F3N4O2. The quantitative estimate of drug-likeness (QED) is 0.451. The van der Waals surface area contributed by atoms with E-state index in [1.54, 1.807) is 41.0 Å². The lowest BCUT2D eigenvalue weighted by Crippen LogP contribution is -2.36. The van der Waals surface area contributed by atoms with Gasteiger partial charge in [0.25, 0.3) is 5.91 Å². The number of benzene rings is 2. The molecule has 168 valence electrons. The fourth-order valence-electron chi connectivity index (χ4n) is 4.26. The van der Waals surface area contributed by atoms with Gasteiger partial charge in [-0.25, -0.2) is 0 Å². The Morgan fingerprint density at radius 3 is 2.64 bits per heavy atom. The smallest absolute Gasteiger partial charge is 0.406 e. The number of rotatable bonds is 3. The normalized spacial score (nSPS) is 13.8. The van der Waals surface area contributed by atoms with E-state index in [-0.39, 0.29) is 11.7 Å². The van der Waals surface area contributed by atoms with E-state index in [0.717, 1.165) is 33.4 Å². The van der Waals surface area contributed by atoms with Crippen molar-refractivity contribution in [2.24, 2.45) is 7.05 Å². The number of pyridine rings is 1. The molecule has 0 atom stereocenters. The molecule has 1 aliphatic rings. The Morgan fingerprint density at radius 1 is 1.09 bits per heavy atom. The lowest BCUT2D eigenvalue weighted by atomic mass is 9.99. The highest BCUT2D eigenvalue weighted by atomic mass is 19.4. The monoisotopic (exact) mass is 452 g/mol. The predicted molar refractivity (Wildman–Crippen MR) is 116 cm³/mol. The molecule has 0 radical (unpaired) electrons. The summed E-state index contributed by atoms with van der Waals surface area (Å²) in [4.78, 5) is 19.2. The van der Waals surface area contributed by atoms with E-state index in [4.69, 9.17) is 0 Å². The molecule has 33 heavy (non-hydrogen) atoms. The Bertz CT molecular complexity index is 1350. The van der Waals surface area contributed by atoms with Gasteiger partial charge in [-0.05, 0) is 55.0 Å². The van der Waals surface area contributed by atoms with Crippen molar-refractivity contribution in [3.05, 3.63) is 77.6 Å². The van der Waals surface area contributed by atoms with Gasteiger partial charge in [-0.1, -0.05) is 6.07 Å². The van der Waals surface area contributed by atoms with Crippen LogP contribution in [0.2, 0.25) is 0 Å². The average Bonchev–Trinajstić information content (AvgIpc) is 3.12. The highest BCUT2D eigenvalue weighted by molar-refractivity contribution is 5.98. The third-order valence-corrected chi connectivity index (χ3v) is 5.70. The molecular weight excluding hydrogens is 433 g/mol. The Balaban J connectivity index is 1.38. The van der Waals surface area contributed by atoms with Crippen LogP contribution < -0.4 is 4.74 Å². The van der Waals surface area contributed by atoms with E-state index in [2.05, 4.69) is 14.8 Å². The second kappa shape index (κ2) is 7.91. The van der Waals surface area contributed by atoms with Crippen molar-refractivity contribution in [2.75, 3.05) is 6.54 Å². The maximum absolute atomic E-state index is 13.1. The van der Waals surface area contributed by atoms with Crippen molar-refractivity contribution in [3.8, 4) is 17.0 Å². The Labute approximate surface area is 187 Å². The summed E-state index contributed by atoms with van der Waals surface area (Å²) in [6.45, 7) is 0.882. The first kappa shape index (κ1) is 21.0. The van der Waals surface area contributed by atoms with Crippen molar-refractivity contribution in [2.45, 2.75) is 19.3 Å². The maximum Gasteiger partial charge on any atom is 0.573 e.